The lowest BCUT2D eigenvalue weighted by Gasteiger charge is -2.34. The highest BCUT2D eigenvalue weighted by molar-refractivity contribution is 5.84. The monoisotopic (exact) mass is 342 g/mol. The van der Waals surface area contributed by atoms with Gasteiger partial charge in [-0.1, -0.05) is 42.0 Å². The Labute approximate surface area is 152 Å². The average molecular weight is 342 g/mol. The summed E-state index contributed by atoms with van der Waals surface area (Å²) in [6.45, 7) is 3.16. The fourth-order valence-corrected chi connectivity index (χ4v) is 3.46. The van der Waals surface area contributed by atoms with E-state index in [1.165, 1.54) is 5.56 Å². The second-order valence-electron chi connectivity index (χ2n) is 6.61. The molecule has 2 aromatic carbocycles. The number of aromatic nitrogens is 2. The summed E-state index contributed by atoms with van der Waals surface area (Å²) in [5.74, 6) is 0.0433. The molecule has 1 aromatic heterocycles. The molecule has 0 spiro atoms. The van der Waals surface area contributed by atoms with Gasteiger partial charge in [0.05, 0.1) is 30.2 Å². The zero-order valence-corrected chi connectivity index (χ0v) is 14.5. The Morgan fingerprint density at radius 2 is 2.04 bits per heavy atom. The maximum absolute atomic E-state index is 13.2. The van der Waals surface area contributed by atoms with E-state index in [0.29, 0.717) is 18.7 Å². The number of benzene rings is 2. The van der Waals surface area contributed by atoms with Crippen LogP contribution in [0.3, 0.4) is 0 Å². The Bertz CT molecular complexity index is 997. The molecule has 1 aliphatic rings. The molecule has 1 amide bonds. The quantitative estimate of drug-likeness (QED) is 0.734. The van der Waals surface area contributed by atoms with Crippen molar-refractivity contribution in [1.29, 1.82) is 5.26 Å². The van der Waals surface area contributed by atoms with Crippen LogP contribution < -0.4 is 0 Å². The van der Waals surface area contributed by atoms with E-state index in [0.717, 1.165) is 16.8 Å². The minimum absolute atomic E-state index is 0.0433. The van der Waals surface area contributed by atoms with Crippen molar-refractivity contribution in [2.24, 2.45) is 0 Å². The Kier molecular flexibility index (Phi) is 4.02. The number of hydrogen-bond acceptors (Lipinski definition) is 3. The average Bonchev–Trinajstić information content (AvgIpc) is 3.10. The van der Waals surface area contributed by atoms with Gasteiger partial charge in [0.25, 0.3) is 5.91 Å². The highest BCUT2D eigenvalue weighted by Crippen LogP contribution is 2.29. The lowest BCUT2D eigenvalue weighted by atomic mass is 10.0. The van der Waals surface area contributed by atoms with Crippen molar-refractivity contribution in [3.05, 3.63) is 89.0 Å². The summed E-state index contributed by atoms with van der Waals surface area (Å²) >= 11 is 0. The molecule has 5 nitrogen and oxygen atoms in total. The van der Waals surface area contributed by atoms with E-state index < -0.39 is 6.04 Å². The second kappa shape index (κ2) is 6.49. The number of aryl methyl sites for hydroxylation is 1. The van der Waals surface area contributed by atoms with E-state index in [1.54, 1.807) is 18.5 Å². The van der Waals surface area contributed by atoms with Gasteiger partial charge in [0, 0.05) is 12.7 Å². The lowest BCUT2D eigenvalue weighted by Crippen LogP contribution is -2.42. The maximum Gasteiger partial charge on any atom is 0.250 e. The minimum Gasteiger partial charge on any atom is -0.330 e. The van der Waals surface area contributed by atoms with Gasteiger partial charge in [-0.3, -0.25) is 4.79 Å². The molecule has 0 saturated carbocycles. The third-order valence-corrected chi connectivity index (χ3v) is 4.73. The van der Waals surface area contributed by atoms with E-state index in [-0.39, 0.29) is 5.91 Å². The molecule has 1 unspecified atom stereocenters. The number of imidazole rings is 1. The second-order valence-corrected chi connectivity index (χ2v) is 6.61. The van der Waals surface area contributed by atoms with Gasteiger partial charge in [-0.2, -0.15) is 5.26 Å². The summed E-state index contributed by atoms with van der Waals surface area (Å²) in [4.78, 5) is 19.3. The van der Waals surface area contributed by atoms with E-state index >= 15 is 0 Å². The van der Waals surface area contributed by atoms with Crippen molar-refractivity contribution < 1.29 is 4.79 Å². The molecule has 0 bridgehead atoms. The van der Waals surface area contributed by atoms with Crippen LogP contribution in [0.2, 0.25) is 0 Å². The van der Waals surface area contributed by atoms with Gasteiger partial charge in [-0.05, 0) is 30.2 Å². The minimum atomic E-state index is -0.446. The molecule has 1 aliphatic heterocycles. The summed E-state index contributed by atoms with van der Waals surface area (Å²) in [5.41, 5.74) is 4.75. The molecule has 0 saturated heterocycles. The fraction of sp³-hybridized carbons (Fsp3) is 0.190. The zero-order chi connectivity index (χ0) is 18.1. The summed E-state index contributed by atoms with van der Waals surface area (Å²) < 4.78 is 1.93. The first-order chi connectivity index (χ1) is 12.7. The Morgan fingerprint density at radius 3 is 2.77 bits per heavy atom. The van der Waals surface area contributed by atoms with Gasteiger partial charge >= 0.3 is 0 Å². The van der Waals surface area contributed by atoms with Crippen LogP contribution in [0.1, 0.15) is 34.0 Å². The van der Waals surface area contributed by atoms with E-state index in [2.05, 4.69) is 30.1 Å². The number of fused-ring (bicyclic) bond motifs is 1. The van der Waals surface area contributed by atoms with Crippen molar-refractivity contribution in [1.82, 2.24) is 14.5 Å². The maximum atomic E-state index is 13.2. The number of rotatable bonds is 3. The first-order valence-corrected chi connectivity index (χ1v) is 8.51. The zero-order valence-electron chi connectivity index (χ0n) is 14.5. The van der Waals surface area contributed by atoms with Gasteiger partial charge in [0.2, 0.25) is 0 Å². The topological polar surface area (TPSA) is 61.9 Å². The highest BCUT2D eigenvalue weighted by atomic mass is 16.2. The third-order valence-electron chi connectivity index (χ3n) is 4.73. The molecular formula is C21H18N4O. The normalized spacial score (nSPS) is 16.2. The largest absolute Gasteiger partial charge is 0.330 e. The van der Waals surface area contributed by atoms with Crippen LogP contribution in [0, 0.1) is 18.3 Å². The number of amides is 1. The Morgan fingerprint density at radius 1 is 1.23 bits per heavy atom. The fourth-order valence-electron chi connectivity index (χ4n) is 3.46. The highest BCUT2D eigenvalue weighted by Gasteiger charge is 2.34. The third kappa shape index (κ3) is 2.86. The first kappa shape index (κ1) is 16.1. The molecule has 2 heterocycles. The standard InChI is InChI=1S/C21H18N4O/c1-15-3-2-4-17(9-15)12-24-13-19-11-23-14-25(19)20(21(24)26)18-7-5-16(10-22)6-8-18/h2-9,11,14,20H,12-13H2,1H3. The van der Waals surface area contributed by atoms with Crippen molar-refractivity contribution in [3.63, 3.8) is 0 Å². The molecule has 5 heteroatoms. The van der Waals surface area contributed by atoms with Crippen LogP contribution in [0.25, 0.3) is 0 Å². The van der Waals surface area contributed by atoms with E-state index in [4.69, 9.17) is 5.26 Å². The smallest absolute Gasteiger partial charge is 0.250 e. The van der Waals surface area contributed by atoms with Crippen LogP contribution in [0.4, 0.5) is 0 Å². The number of carbonyl (C=O) groups excluding carboxylic acids is 1. The van der Waals surface area contributed by atoms with Gasteiger partial charge in [-0.15, -0.1) is 0 Å². The predicted octanol–water partition coefficient (Wildman–Crippen LogP) is 3.20. The molecule has 3 aromatic rings. The van der Waals surface area contributed by atoms with Gasteiger partial charge in [0.1, 0.15) is 6.04 Å². The number of carbonyl (C=O) groups is 1. The summed E-state index contributed by atoms with van der Waals surface area (Å²) in [6, 6.07) is 17.1. The summed E-state index contributed by atoms with van der Waals surface area (Å²) in [5, 5.41) is 9.00. The predicted molar refractivity (Wildman–Crippen MR) is 97.0 cm³/mol. The molecule has 128 valence electrons. The van der Waals surface area contributed by atoms with E-state index in [1.807, 2.05) is 39.9 Å². The van der Waals surface area contributed by atoms with Crippen LogP contribution in [-0.4, -0.2) is 20.4 Å². The van der Waals surface area contributed by atoms with Gasteiger partial charge < -0.3 is 9.47 Å². The van der Waals surface area contributed by atoms with E-state index in [9.17, 15) is 4.79 Å². The van der Waals surface area contributed by atoms with Crippen molar-refractivity contribution in [2.45, 2.75) is 26.1 Å². The number of nitrogens with zero attached hydrogens (tertiary/aromatic N) is 4. The van der Waals surface area contributed by atoms with Crippen LogP contribution in [0.5, 0.6) is 0 Å². The Balaban J connectivity index is 1.69. The number of hydrogen-bond donors (Lipinski definition) is 0. The summed E-state index contributed by atoms with van der Waals surface area (Å²) in [6.07, 6.45) is 3.52. The first-order valence-electron chi connectivity index (χ1n) is 8.51. The molecule has 1 atom stereocenters. The van der Waals surface area contributed by atoms with Gasteiger partial charge in [0.15, 0.2) is 0 Å². The van der Waals surface area contributed by atoms with Crippen LogP contribution >= 0.6 is 0 Å². The molecule has 0 aliphatic carbocycles. The van der Waals surface area contributed by atoms with Gasteiger partial charge in [-0.25, -0.2) is 4.98 Å². The molecule has 0 N–H and O–H groups in total. The van der Waals surface area contributed by atoms with Crippen molar-refractivity contribution in [2.75, 3.05) is 0 Å². The van der Waals surface area contributed by atoms with Crippen molar-refractivity contribution in [3.8, 4) is 6.07 Å². The lowest BCUT2D eigenvalue weighted by molar-refractivity contribution is -0.136. The molecular weight excluding hydrogens is 324 g/mol. The van der Waals surface area contributed by atoms with Crippen LogP contribution in [-0.2, 0) is 17.9 Å². The van der Waals surface area contributed by atoms with Crippen LogP contribution in [0.15, 0.2) is 61.1 Å². The molecule has 0 fully saturated rings. The Hall–Kier alpha value is -3.39. The SMILES string of the molecule is Cc1cccc(CN2Cc3cncn3C(c3ccc(C#N)cc3)C2=O)c1. The molecule has 0 radical (unpaired) electrons. The molecule has 26 heavy (non-hydrogen) atoms. The van der Waals surface area contributed by atoms with Crippen molar-refractivity contribution >= 4 is 5.91 Å². The number of nitriles is 1. The molecule has 4 rings (SSSR count). The summed E-state index contributed by atoms with van der Waals surface area (Å²) in [7, 11) is 0.